The van der Waals surface area contributed by atoms with Crippen LogP contribution in [0.5, 0.6) is 0 Å². The van der Waals surface area contributed by atoms with Gasteiger partial charge in [-0.1, -0.05) is 23.2 Å². The van der Waals surface area contributed by atoms with Gasteiger partial charge < -0.3 is 0 Å². The zero-order valence-corrected chi connectivity index (χ0v) is 20.0. The third-order valence-corrected chi connectivity index (χ3v) is 5.24. The van der Waals surface area contributed by atoms with Crippen molar-refractivity contribution in [2.75, 3.05) is 0 Å². The number of hydrogen-bond acceptors (Lipinski definition) is 2. The minimum Gasteiger partial charge on any atom is -0.192 e. The van der Waals surface area contributed by atoms with Crippen molar-refractivity contribution in [2.45, 2.75) is 71.6 Å². The lowest BCUT2D eigenvalue weighted by molar-refractivity contribution is -0.434. The average molecular weight is 761 g/mol. The van der Waals surface area contributed by atoms with Gasteiger partial charge in [0.2, 0.25) is 10.3 Å². The van der Waals surface area contributed by atoms with Crippen LogP contribution in [0.25, 0.3) is 0 Å². The summed E-state index contributed by atoms with van der Waals surface area (Å²) in [5.74, 6) is -83.1. The van der Waals surface area contributed by atoms with E-state index in [9.17, 15) is 114 Å². The van der Waals surface area contributed by atoms with Gasteiger partial charge in [-0.25, -0.2) is 0 Å². The van der Waals surface area contributed by atoms with Crippen molar-refractivity contribution >= 4 is 33.5 Å². The first-order valence-corrected chi connectivity index (χ1v) is 9.69. The molecule has 0 aromatic heterocycles. The van der Waals surface area contributed by atoms with Crippen LogP contribution in [0.2, 0.25) is 0 Å². The summed E-state index contributed by atoms with van der Waals surface area (Å²) in [5, 5.41) is -6.38. The molecular formula is C14Cl2F26N2. The Morgan fingerprint density at radius 1 is 0.273 bits per heavy atom. The van der Waals surface area contributed by atoms with Gasteiger partial charge in [0.05, 0.1) is 0 Å². The number of rotatable bonds is 11. The highest BCUT2D eigenvalue weighted by Crippen LogP contribution is 2.62. The molecule has 0 rings (SSSR count). The summed E-state index contributed by atoms with van der Waals surface area (Å²) >= 11 is 8.08. The summed E-state index contributed by atoms with van der Waals surface area (Å²) in [5.41, 5.74) is 0. The van der Waals surface area contributed by atoms with Crippen LogP contribution in [0.1, 0.15) is 0 Å². The molecule has 0 N–H and O–H groups in total. The predicted octanol–water partition coefficient (Wildman–Crippen LogP) is 9.65. The van der Waals surface area contributed by atoms with Crippen molar-refractivity contribution in [2.24, 2.45) is 10.2 Å². The van der Waals surface area contributed by atoms with Crippen LogP contribution in [0.4, 0.5) is 114 Å². The molecule has 0 aromatic carbocycles. The molecule has 0 radical (unpaired) electrons. The van der Waals surface area contributed by atoms with Gasteiger partial charge in [-0.15, -0.1) is 10.2 Å². The Bertz CT molecular complexity index is 1040. The molecule has 0 heterocycles. The maximum Gasteiger partial charge on any atom is 0.460 e. The summed E-state index contributed by atoms with van der Waals surface area (Å²) in [6.45, 7) is 0. The van der Waals surface area contributed by atoms with Crippen molar-refractivity contribution in [1.29, 1.82) is 0 Å². The Morgan fingerprint density at radius 2 is 0.432 bits per heavy atom. The highest BCUT2D eigenvalue weighted by atomic mass is 35.5. The molecule has 0 fully saturated rings. The molecular weight excluding hydrogens is 761 g/mol. The minimum absolute atomic E-state index is 0.927. The molecule has 0 aliphatic rings. The van der Waals surface area contributed by atoms with Crippen LogP contribution in [0.15, 0.2) is 10.2 Å². The fourth-order valence-corrected chi connectivity index (χ4v) is 2.32. The molecule has 0 saturated heterocycles. The summed E-state index contributed by atoms with van der Waals surface area (Å²) < 4.78 is 338. The van der Waals surface area contributed by atoms with Gasteiger partial charge in [0.1, 0.15) is 0 Å². The molecule has 0 unspecified atom stereocenters. The first kappa shape index (κ1) is 42.1. The van der Waals surface area contributed by atoms with E-state index in [1.54, 1.807) is 0 Å². The zero-order valence-electron chi connectivity index (χ0n) is 18.5. The van der Waals surface area contributed by atoms with E-state index < -0.39 is 81.9 Å². The van der Waals surface area contributed by atoms with Crippen molar-refractivity contribution in [3.8, 4) is 0 Å². The molecule has 30 heteroatoms. The Labute approximate surface area is 230 Å². The topological polar surface area (TPSA) is 24.7 Å². The summed E-state index contributed by atoms with van der Waals surface area (Å²) in [7, 11) is 0. The van der Waals surface area contributed by atoms with Crippen LogP contribution in [-0.2, 0) is 0 Å². The molecule has 0 atom stereocenters. The van der Waals surface area contributed by atoms with Crippen LogP contribution in [0, 0.1) is 0 Å². The maximum atomic E-state index is 13.7. The van der Waals surface area contributed by atoms with Gasteiger partial charge in [-0.3, -0.25) is 0 Å². The molecule has 2 nitrogen and oxygen atoms in total. The van der Waals surface area contributed by atoms with Crippen molar-refractivity contribution in [1.82, 2.24) is 0 Å². The standard InChI is InChI=1S/C14Cl2F26N2/c15-1(3(17,18)5(21,22)7(25,26)9(29,30)11(33,34)13(37,38)39)43-44-2(16)4(19,20)6(23,24)8(27,28)10(31,32)12(35,36)14(40,41)42/b43-1+,44-2+. The van der Waals surface area contributed by atoms with Gasteiger partial charge >= 0.3 is 71.6 Å². The Balaban J connectivity index is 6.97. The largest absolute Gasteiger partial charge is 0.460 e. The molecule has 0 aliphatic carbocycles. The SMILES string of the molecule is FC(F)(F)C(F)(F)C(F)(F)C(F)(F)C(F)(F)C(F)(F)/C(Cl)=N\N=C(\Cl)C(F)(F)C(F)(F)C(F)(F)C(F)(F)C(F)(F)C(F)(F)F. The second-order valence-electron chi connectivity index (χ2n) is 7.52. The molecule has 0 saturated carbocycles. The second-order valence-corrected chi connectivity index (χ2v) is 8.24. The number of alkyl halides is 26. The van der Waals surface area contributed by atoms with Gasteiger partial charge in [0.15, 0.2) is 0 Å². The molecule has 0 amide bonds. The Morgan fingerprint density at radius 3 is 0.591 bits per heavy atom. The molecule has 0 spiro atoms. The van der Waals surface area contributed by atoms with E-state index in [0.29, 0.717) is 0 Å². The first-order chi connectivity index (χ1) is 18.5. The fourth-order valence-electron chi connectivity index (χ4n) is 2.01. The number of hydrogen-bond donors (Lipinski definition) is 0. The normalized spacial score (nSPS) is 17.4. The molecule has 0 bridgehead atoms. The molecule has 44 heavy (non-hydrogen) atoms. The van der Waals surface area contributed by atoms with Crippen LogP contribution in [0.3, 0.4) is 0 Å². The number of nitrogens with zero attached hydrogens (tertiary/aromatic N) is 2. The highest BCUT2D eigenvalue weighted by Gasteiger charge is 2.92. The smallest absolute Gasteiger partial charge is 0.192 e. The van der Waals surface area contributed by atoms with E-state index in [0.717, 1.165) is 10.2 Å². The average Bonchev–Trinajstić information content (AvgIpc) is 2.79. The lowest BCUT2D eigenvalue weighted by Crippen LogP contribution is -2.71. The monoisotopic (exact) mass is 760 g/mol. The summed E-state index contributed by atoms with van der Waals surface area (Å²) in [6, 6.07) is 0. The summed E-state index contributed by atoms with van der Waals surface area (Å²) in [6.07, 6.45) is -15.8. The van der Waals surface area contributed by atoms with Crippen LogP contribution >= 0.6 is 23.2 Å². The van der Waals surface area contributed by atoms with E-state index in [1.165, 1.54) is 0 Å². The van der Waals surface area contributed by atoms with Crippen molar-refractivity contribution in [3.05, 3.63) is 0 Å². The van der Waals surface area contributed by atoms with Gasteiger partial charge in [0.25, 0.3) is 0 Å². The van der Waals surface area contributed by atoms with Crippen molar-refractivity contribution < 1.29 is 114 Å². The lowest BCUT2D eigenvalue weighted by atomic mass is 9.94. The lowest BCUT2D eigenvalue weighted by Gasteiger charge is -2.39. The van der Waals surface area contributed by atoms with Gasteiger partial charge in [0, 0.05) is 0 Å². The predicted molar refractivity (Wildman–Crippen MR) is 88.2 cm³/mol. The van der Waals surface area contributed by atoms with Gasteiger partial charge in [-0.05, 0) is 0 Å². The van der Waals surface area contributed by atoms with Crippen LogP contribution in [-0.4, -0.2) is 81.9 Å². The van der Waals surface area contributed by atoms with E-state index in [2.05, 4.69) is 23.2 Å². The van der Waals surface area contributed by atoms with E-state index in [1.807, 2.05) is 0 Å². The number of halogens is 28. The highest BCUT2D eigenvalue weighted by molar-refractivity contribution is 6.68. The molecule has 0 aliphatic heterocycles. The Kier molecular flexibility index (Phi) is 10.4. The van der Waals surface area contributed by atoms with Crippen molar-refractivity contribution in [3.63, 3.8) is 0 Å². The Hall–Kier alpha value is -1.90. The maximum absolute atomic E-state index is 13.7. The van der Waals surface area contributed by atoms with E-state index in [-0.39, 0.29) is 0 Å². The zero-order chi connectivity index (χ0) is 36.6. The third-order valence-electron chi connectivity index (χ3n) is 4.61. The van der Waals surface area contributed by atoms with E-state index in [4.69, 9.17) is 0 Å². The molecule has 262 valence electrons. The van der Waals surface area contributed by atoms with E-state index >= 15 is 0 Å². The summed E-state index contributed by atoms with van der Waals surface area (Å²) in [4.78, 5) is 0. The second kappa shape index (κ2) is 10.8. The third kappa shape index (κ3) is 5.55. The van der Waals surface area contributed by atoms with Crippen LogP contribution < -0.4 is 0 Å². The fraction of sp³-hybridized carbons (Fsp3) is 0.857. The first-order valence-electron chi connectivity index (χ1n) is 8.94. The van der Waals surface area contributed by atoms with Gasteiger partial charge in [-0.2, -0.15) is 114 Å². The molecule has 0 aromatic rings. The quantitative estimate of drug-likeness (QED) is 0.114. The minimum atomic E-state index is -8.62.